The van der Waals surface area contributed by atoms with Crippen molar-refractivity contribution < 1.29 is 5.11 Å². The van der Waals surface area contributed by atoms with Gasteiger partial charge in [-0.25, -0.2) is 0 Å². The van der Waals surface area contributed by atoms with Crippen LogP contribution < -0.4 is 0 Å². The summed E-state index contributed by atoms with van der Waals surface area (Å²) in [5, 5.41) is 16.3. The van der Waals surface area contributed by atoms with Crippen molar-refractivity contribution >= 4 is 10.9 Å². The molecule has 0 spiro atoms. The van der Waals surface area contributed by atoms with Crippen LogP contribution in [-0.4, -0.2) is 20.3 Å². The molecule has 56 valence electrons. The van der Waals surface area contributed by atoms with E-state index in [4.69, 9.17) is 5.11 Å². The predicted molar refractivity (Wildman–Crippen MR) is 39.8 cm³/mol. The van der Waals surface area contributed by atoms with Crippen molar-refractivity contribution in [2.24, 2.45) is 0 Å². The molecule has 0 unspecified atom stereocenters. The highest BCUT2D eigenvalue weighted by molar-refractivity contribution is 5.76. The van der Waals surface area contributed by atoms with Crippen molar-refractivity contribution in [3.05, 3.63) is 24.2 Å². The number of aliphatic hydroxyl groups is 1. The van der Waals surface area contributed by atoms with Crippen molar-refractivity contribution in [1.29, 1.82) is 0 Å². The smallest absolute Gasteiger partial charge is 0.0853 e. The molecule has 0 saturated heterocycles. The molecule has 2 N–H and O–H groups in total. The quantitative estimate of drug-likeness (QED) is 0.618. The molecule has 2 rings (SSSR count). The van der Waals surface area contributed by atoms with E-state index in [1.165, 1.54) is 0 Å². The number of H-pyrrole nitrogens is 1. The zero-order chi connectivity index (χ0) is 7.68. The highest BCUT2D eigenvalue weighted by Crippen LogP contribution is 2.09. The highest BCUT2D eigenvalue weighted by atomic mass is 16.3. The van der Waals surface area contributed by atoms with Gasteiger partial charge >= 0.3 is 0 Å². The number of aliphatic hydroxyl groups excluding tert-OH is 1. The minimum atomic E-state index is -0.0328. The zero-order valence-electron chi connectivity index (χ0n) is 5.78. The van der Waals surface area contributed by atoms with Crippen LogP contribution in [0.3, 0.4) is 0 Å². The van der Waals surface area contributed by atoms with E-state index in [9.17, 15) is 0 Å². The lowest BCUT2D eigenvalue weighted by Crippen LogP contribution is -1.86. The van der Waals surface area contributed by atoms with Crippen LogP contribution in [0.15, 0.2) is 18.5 Å². The van der Waals surface area contributed by atoms with Crippen molar-refractivity contribution in [3.63, 3.8) is 0 Å². The molecule has 0 fully saturated rings. The van der Waals surface area contributed by atoms with Gasteiger partial charge in [-0.3, -0.25) is 10.1 Å². The first-order chi connectivity index (χ1) is 5.40. The lowest BCUT2D eigenvalue weighted by molar-refractivity contribution is 0.277. The molecule has 0 atom stereocenters. The molecule has 11 heavy (non-hydrogen) atoms. The summed E-state index contributed by atoms with van der Waals surface area (Å²) in [6, 6.07) is 1.78. The number of aromatic amines is 1. The standard InChI is InChI=1S/C7H7N3O/c11-4-6-1-7-5(2-8-6)3-9-10-7/h1-3,11H,4H2,(H,9,10). The van der Waals surface area contributed by atoms with E-state index >= 15 is 0 Å². The molecule has 2 aromatic rings. The third kappa shape index (κ3) is 0.969. The summed E-state index contributed by atoms with van der Waals surface area (Å²) in [4.78, 5) is 3.99. The summed E-state index contributed by atoms with van der Waals surface area (Å²) < 4.78 is 0. The Morgan fingerprint density at radius 3 is 3.18 bits per heavy atom. The van der Waals surface area contributed by atoms with Gasteiger partial charge < -0.3 is 5.11 Å². The van der Waals surface area contributed by atoms with E-state index in [0.717, 1.165) is 10.9 Å². The van der Waals surface area contributed by atoms with Crippen LogP contribution in [-0.2, 0) is 6.61 Å². The first-order valence-electron chi connectivity index (χ1n) is 3.29. The van der Waals surface area contributed by atoms with E-state index in [1.54, 1.807) is 18.5 Å². The topological polar surface area (TPSA) is 61.8 Å². The molecule has 2 aromatic heterocycles. The number of nitrogens with zero attached hydrogens (tertiary/aromatic N) is 2. The Balaban J connectivity index is 2.67. The summed E-state index contributed by atoms with van der Waals surface area (Å²) in [6.07, 6.45) is 3.38. The summed E-state index contributed by atoms with van der Waals surface area (Å²) in [5.41, 5.74) is 1.56. The van der Waals surface area contributed by atoms with E-state index in [-0.39, 0.29) is 6.61 Å². The fourth-order valence-electron chi connectivity index (χ4n) is 0.967. The van der Waals surface area contributed by atoms with Gasteiger partial charge in [0.15, 0.2) is 0 Å². The van der Waals surface area contributed by atoms with Gasteiger partial charge in [0.05, 0.1) is 24.0 Å². The number of pyridine rings is 1. The first kappa shape index (κ1) is 6.30. The molecule has 4 heteroatoms. The average Bonchev–Trinajstić information content (AvgIpc) is 2.50. The van der Waals surface area contributed by atoms with E-state index in [2.05, 4.69) is 15.2 Å². The van der Waals surface area contributed by atoms with Gasteiger partial charge in [-0.15, -0.1) is 0 Å². The summed E-state index contributed by atoms with van der Waals surface area (Å²) in [7, 11) is 0. The Morgan fingerprint density at radius 2 is 2.36 bits per heavy atom. The SMILES string of the molecule is OCc1cc2[nH]ncc2cn1. The van der Waals surface area contributed by atoms with Gasteiger partial charge in [0.25, 0.3) is 0 Å². The van der Waals surface area contributed by atoms with E-state index in [1.807, 2.05) is 0 Å². The molecule has 0 aliphatic rings. The number of fused-ring (bicyclic) bond motifs is 1. The Hall–Kier alpha value is -1.42. The van der Waals surface area contributed by atoms with Gasteiger partial charge in [-0.2, -0.15) is 5.10 Å². The number of hydrogen-bond acceptors (Lipinski definition) is 3. The molecule has 0 radical (unpaired) electrons. The fraction of sp³-hybridized carbons (Fsp3) is 0.143. The van der Waals surface area contributed by atoms with E-state index < -0.39 is 0 Å². The van der Waals surface area contributed by atoms with Gasteiger partial charge in [-0.1, -0.05) is 0 Å². The van der Waals surface area contributed by atoms with Crippen molar-refractivity contribution in [2.45, 2.75) is 6.61 Å². The summed E-state index contributed by atoms with van der Waals surface area (Å²) in [6.45, 7) is -0.0328. The maximum Gasteiger partial charge on any atom is 0.0853 e. The molecule has 2 heterocycles. The van der Waals surface area contributed by atoms with Crippen LogP contribution >= 0.6 is 0 Å². The fourth-order valence-corrected chi connectivity index (χ4v) is 0.967. The van der Waals surface area contributed by atoms with Crippen molar-refractivity contribution in [2.75, 3.05) is 0 Å². The number of rotatable bonds is 1. The number of aromatic nitrogens is 3. The van der Waals surface area contributed by atoms with Gasteiger partial charge in [0, 0.05) is 11.6 Å². The average molecular weight is 149 g/mol. The second-order valence-electron chi connectivity index (χ2n) is 2.29. The second-order valence-corrected chi connectivity index (χ2v) is 2.29. The third-order valence-corrected chi connectivity index (χ3v) is 1.54. The number of nitrogens with one attached hydrogen (secondary N) is 1. The maximum atomic E-state index is 8.74. The van der Waals surface area contributed by atoms with Crippen molar-refractivity contribution in [3.8, 4) is 0 Å². The molecular weight excluding hydrogens is 142 g/mol. The molecule has 0 aliphatic carbocycles. The molecule has 0 bridgehead atoms. The molecule has 4 nitrogen and oxygen atoms in total. The zero-order valence-corrected chi connectivity index (χ0v) is 5.78. The van der Waals surface area contributed by atoms with Crippen LogP contribution in [0.2, 0.25) is 0 Å². The molecule has 0 aromatic carbocycles. The Labute approximate surface area is 62.9 Å². The first-order valence-corrected chi connectivity index (χ1v) is 3.29. The highest BCUT2D eigenvalue weighted by Gasteiger charge is 1.96. The third-order valence-electron chi connectivity index (χ3n) is 1.54. The molecule has 0 aliphatic heterocycles. The van der Waals surface area contributed by atoms with Crippen LogP contribution in [0.4, 0.5) is 0 Å². The minimum absolute atomic E-state index is 0.0328. The lowest BCUT2D eigenvalue weighted by atomic mass is 10.3. The van der Waals surface area contributed by atoms with Crippen LogP contribution in [0, 0.1) is 0 Å². The summed E-state index contributed by atoms with van der Waals surface area (Å²) in [5.74, 6) is 0. The van der Waals surface area contributed by atoms with Gasteiger partial charge in [-0.05, 0) is 6.07 Å². The summed E-state index contributed by atoms with van der Waals surface area (Å²) >= 11 is 0. The van der Waals surface area contributed by atoms with Crippen LogP contribution in [0.5, 0.6) is 0 Å². The maximum absolute atomic E-state index is 8.74. The molecule has 0 amide bonds. The Bertz CT molecular complexity index is 368. The van der Waals surface area contributed by atoms with Crippen LogP contribution in [0.1, 0.15) is 5.69 Å². The largest absolute Gasteiger partial charge is 0.390 e. The van der Waals surface area contributed by atoms with Gasteiger partial charge in [0.2, 0.25) is 0 Å². The Morgan fingerprint density at radius 1 is 1.45 bits per heavy atom. The number of hydrogen-bond donors (Lipinski definition) is 2. The Kier molecular flexibility index (Phi) is 1.33. The minimum Gasteiger partial charge on any atom is -0.390 e. The predicted octanol–water partition coefficient (Wildman–Crippen LogP) is 0.450. The second kappa shape index (κ2) is 2.32. The lowest BCUT2D eigenvalue weighted by Gasteiger charge is -1.92. The van der Waals surface area contributed by atoms with E-state index in [0.29, 0.717) is 5.69 Å². The monoisotopic (exact) mass is 149 g/mol. The molecule has 0 saturated carbocycles. The van der Waals surface area contributed by atoms with Crippen LogP contribution in [0.25, 0.3) is 10.9 Å². The molecular formula is C7H7N3O. The van der Waals surface area contributed by atoms with Gasteiger partial charge in [0.1, 0.15) is 0 Å². The van der Waals surface area contributed by atoms with Crippen molar-refractivity contribution in [1.82, 2.24) is 15.2 Å². The normalized spacial score (nSPS) is 10.6.